The van der Waals surface area contributed by atoms with Gasteiger partial charge in [-0.25, -0.2) is 4.98 Å². The lowest BCUT2D eigenvalue weighted by atomic mass is 9.94. The first-order valence-corrected chi connectivity index (χ1v) is 8.78. The van der Waals surface area contributed by atoms with Gasteiger partial charge in [-0.05, 0) is 32.4 Å². The minimum Gasteiger partial charge on any atom is -0.489 e. The van der Waals surface area contributed by atoms with Crippen molar-refractivity contribution in [2.75, 3.05) is 23.8 Å². The predicted octanol–water partition coefficient (Wildman–Crippen LogP) is 2.63. The molecule has 2 aromatic rings. The molecule has 0 aliphatic carbocycles. The third-order valence-electron chi connectivity index (χ3n) is 4.40. The highest BCUT2D eigenvalue weighted by Crippen LogP contribution is 2.42. The van der Waals surface area contributed by atoms with Gasteiger partial charge in [-0.3, -0.25) is 4.79 Å². The highest BCUT2D eigenvalue weighted by molar-refractivity contribution is 7.17. The molecule has 3 N–H and O–H groups in total. The molecule has 0 fully saturated rings. The van der Waals surface area contributed by atoms with Crippen molar-refractivity contribution in [2.45, 2.75) is 32.7 Å². The summed E-state index contributed by atoms with van der Waals surface area (Å²) in [7, 11) is 0. The predicted molar refractivity (Wildman–Crippen MR) is 95.5 cm³/mol. The lowest BCUT2D eigenvalue weighted by Gasteiger charge is -2.30. The molecule has 3 heterocycles. The van der Waals surface area contributed by atoms with Crippen molar-refractivity contribution >= 4 is 33.8 Å². The summed E-state index contributed by atoms with van der Waals surface area (Å²) in [5.41, 5.74) is 9.29. The standard InChI is InChI=1S/C17H20N4O2S/c1-9-6-12-13(7-10(9)18)23-5-4-21(12)16-19-11-8-17(2,3)20-15(22)14(11)24-16/h6-7H,4-5,8,18H2,1-3H3,(H,20,22). The minimum atomic E-state index is -0.261. The number of ether oxygens (including phenoxy) is 1. The molecule has 0 radical (unpaired) electrons. The molecule has 2 aliphatic rings. The second kappa shape index (κ2) is 5.11. The van der Waals surface area contributed by atoms with E-state index in [2.05, 4.69) is 10.2 Å². The number of anilines is 3. The average molecular weight is 344 g/mol. The molecule has 0 spiro atoms. The second-order valence-corrected chi connectivity index (χ2v) is 7.94. The number of fused-ring (bicyclic) bond motifs is 2. The van der Waals surface area contributed by atoms with E-state index in [1.165, 1.54) is 11.3 Å². The van der Waals surface area contributed by atoms with Crippen LogP contribution in [0.15, 0.2) is 12.1 Å². The first kappa shape index (κ1) is 15.3. The van der Waals surface area contributed by atoms with Crippen molar-refractivity contribution < 1.29 is 9.53 Å². The van der Waals surface area contributed by atoms with Crippen molar-refractivity contribution in [1.82, 2.24) is 10.3 Å². The molecular weight excluding hydrogens is 324 g/mol. The third kappa shape index (κ3) is 2.39. The van der Waals surface area contributed by atoms with E-state index in [4.69, 9.17) is 15.5 Å². The fraction of sp³-hybridized carbons (Fsp3) is 0.412. The summed E-state index contributed by atoms with van der Waals surface area (Å²) in [5, 5.41) is 3.87. The maximum Gasteiger partial charge on any atom is 0.263 e. The van der Waals surface area contributed by atoms with E-state index >= 15 is 0 Å². The first-order valence-electron chi connectivity index (χ1n) is 7.97. The molecule has 1 amide bonds. The second-order valence-electron chi connectivity index (χ2n) is 6.96. The molecule has 2 aliphatic heterocycles. The van der Waals surface area contributed by atoms with E-state index in [1.54, 1.807) is 0 Å². The van der Waals surface area contributed by atoms with Gasteiger partial charge >= 0.3 is 0 Å². The van der Waals surface area contributed by atoms with E-state index in [-0.39, 0.29) is 11.4 Å². The summed E-state index contributed by atoms with van der Waals surface area (Å²) in [6, 6.07) is 3.88. The van der Waals surface area contributed by atoms with Crippen LogP contribution in [0.4, 0.5) is 16.5 Å². The van der Waals surface area contributed by atoms with Gasteiger partial charge in [0, 0.05) is 23.7 Å². The van der Waals surface area contributed by atoms with Crippen molar-refractivity contribution in [1.29, 1.82) is 0 Å². The Labute approximate surface area is 144 Å². The molecule has 4 rings (SSSR count). The summed E-state index contributed by atoms with van der Waals surface area (Å²) < 4.78 is 5.74. The van der Waals surface area contributed by atoms with Crippen LogP contribution in [-0.4, -0.2) is 29.6 Å². The van der Waals surface area contributed by atoms with Gasteiger partial charge in [0.25, 0.3) is 5.91 Å². The number of aryl methyl sites for hydroxylation is 1. The Balaban J connectivity index is 1.77. The largest absolute Gasteiger partial charge is 0.489 e. The van der Waals surface area contributed by atoms with Crippen LogP contribution in [0, 0.1) is 6.92 Å². The molecule has 0 unspecified atom stereocenters. The fourth-order valence-electron chi connectivity index (χ4n) is 3.16. The molecule has 6 nitrogen and oxygen atoms in total. The van der Waals surface area contributed by atoms with Crippen LogP contribution >= 0.6 is 11.3 Å². The quantitative estimate of drug-likeness (QED) is 0.777. The first-order chi connectivity index (χ1) is 11.3. The topological polar surface area (TPSA) is 80.5 Å². The fourth-order valence-corrected chi connectivity index (χ4v) is 4.18. The van der Waals surface area contributed by atoms with E-state index < -0.39 is 0 Å². The normalized spacial score (nSPS) is 18.5. The van der Waals surface area contributed by atoms with Gasteiger partial charge in [0.1, 0.15) is 17.2 Å². The molecule has 7 heteroatoms. The Kier molecular flexibility index (Phi) is 3.25. The maximum atomic E-state index is 12.3. The van der Waals surface area contributed by atoms with Gasteiger partial charge in [-0.15, -0.1) is 0 Å². The number of amides is 1. The smallest absolute Gasteiger partial charge is 0.263 e. The van der Waals surface area contributed by atoms with E-state index in [0.717, 1.165) is 39.9 Å². The molecule has 0 bridgehead atoms. The number of carbonyl (C=O) groups excluding carboxylic acids is 1. The highest BCUT2D eigenvalue weighted by atomic mass is 32.1. The van der Waals surface area contributed by atoms with E-state index in [0.29, 0.717) is 18.0 Å². The molecule has 0 atom stereocenters. The van der Waals surface area contributed by atoms with Gasteiger partial charge in [0.2, 0.25) is 0 Å². The monoisotopic (exact) mass is 344 g/mol. The molecule has 0 saturated heterocycles. The van der Waals surface area contributed by atoms with Crippen LogP contribution in [0.3, 0.4) is 0 Å². The zero-order valence-corrected chi connectivity index (χ0v) is 14.8. The number of aromatic nitrogens is 1. The van der Waals surface area contributed by atoms with E-state index in [1.807, 2.05) is 32.9 Å². The van der Waals surface area contributed by atoms with Crippen LogP contribution in [0.2, 0.25) is 0 Å². The lowest BCUT2D eigenvalue weighted by molar-refractivity contribution is 0.0901. The van der Waals surface area contributed by atoms with Gasteiger partial charge in [0.05, 0.1) is 17.9 Å². The lowest BCUT2D eigenvalue weighted by Crippen LogP contribution is -2.48. The van der Waals surface area contributed by atoms with Crippen molar-refractivity contribution in [3.8, 4) is 5.75 Å². The number of hydrogen-bond donors (Lipinski definition) is 2. The number of benzene rings is 1. The minimum absolute atomic E-state index is 0.0352. The van der Waals surface area contributed by atoms with Crippen LogP contribution < -0.4 is 20.7 Å². The van der Waals surface area contributed by atoms with Gasteiger partial charge in [-0.1, -0.05) is 11.3 Å². The SMILES string of the molecule is Cc1cc2c(cc1N)OCCN2c1nc2c(s1)C(=O)NC(C)(C)C2. The highest BCUT2D eigenvalue weighted by Gasteiger charge is 2.34. The molecule has 24 heavy (non-hydrogen) atoms. The third-order valence-corrected chi connectivity index (χ3v) is 5.51. The van der Waals surface area contributed by atoms with Crippen molar-refractivity contribution in [3.63, 3.8) is 0 Å². The summed E-state index contributed by atoms with van der Waals surface area (Å²) in [6.45, 7) is 7.28. The summed E-state index contributed by atoms with van der Waals surface area (Å²) >= 11 is 1.44. The average Bonchev–Trinajstić information content (AvgIpc) is 2.90. The molecular formula is C17H20N4O2S. The Morgan fingerprint density at radius 2 is 2.21 bits per heavy atom. The van der Waals surface area contributed by atoms with Gasteiger partial charge < -0.3 is 20.7 Å². The van der Waals surface area contributed by atoms with Gasteiger partial charge in [-0.2, -0.15) is 0 Å². The Morgan fingerprint density at radius 1 is 1.42 bits per heavy atom. The number of nitrogen functional groups attached to an aromatic ring is 1. The zero-order valence-electron chi connectivity index (χ0n) is 14.0. The van der Waals surface area contributed by atoms with Crippen LogP contribution in [-0.2, 0) is 6.42 Å². The number of thiazole rings is 1. The number of carbonyl (C=O) groups is 1. The van der Waals surface area contributed by atoms with Crippen molar-refractivity contribution in [3.05, 3.63) is 28.3 Å². The molecule has 0 saturated carbocycles. The van der Waals surface area contributed by atoms with Crippen LogP contribution in [0.1, 0.15) is 34.8 Å². The number of nitrogens with zero attached hydrogens (tertiary/aromatic N) is 2. The van der Waals surface area contributed by atoms with Crippen LogP contribution in [0.5, 0.6) is 5.75 Å². The Bertz CT molecular complexity index is 843. The van der Waals surface area contributed by atoms with Crippen molar-refractivity contribution in [2.24, 2.45) is 0 Å². The summed E-state index contributed by atoms with van der Waals surface area (Å²) in [5.74, 6) is 0.731. The number of nitrogens with one attached hydrogen (secondary N) is 1. The molecule has 126 valence electrons. The van der Waals surface area contributed by atoms with E-state index in [9.17, 15) is 4.79 Å². The molecule has 1 aromatic heterocycles. The summed E-state index contributed by atoms with van der Waals surface area (Å²) in [6.07, 6.45) is 0.739. The number of hydrogen-bond acceptors (Lipinski definition) is 6. The maximum absolute atomic E-state index is 12.3. The van der Waals surface area contributed by atoms with Gasteiger partial charge in [0.15, 0.2) is 5.13 Å². The number of rotatable bonds is 1. The zero-order chi connectivity index (χ0) is 17.1. The molecule has 1 aromatic carbocycles. The summed E-state index contributed by atoms with van der Waals surface area (Å²) in [4.78, 5) is 19.9. The Hall–Kier alpha value is -2.28. The Morgan fingerprint density at radius 3 is 3.00 bits per heavy atom. The number of nitrogens with two attached hydrogens (primary N) is 1. The van der Waals surface area contributed by atoms with Crippen LogP contribution in [0.25, 0.3) is 0 Å².